The van der Waals surface area contributed by atoms with E-state index in [-0.39, 0.29) is 24.3 Å². The van der Waals surface area contributed by atoms with Crippen molar-refractivity contribution in [3.8, 4) is 5.75 Å². The van der Waals surface area contributed by atoms with Gasteiger partial charge in [-0.2, -0.15) is 0 Å². The molecule has 0 aliphatic heterocycles. The van der Waals surface area contributed by atoms with Crippen molar-refractivity contribution in [2.75, 3.05) is 12.4 Å². The van der Waals surface area contributed by atoms with Gasteiger partial charge in [0.25, 0.3) is 5.91 Å². The largest absolute Gasteiger partial charge is 0.497 e. The molecule has 0 bridgehead atoms. The highest BCUT2D eigenvalue weighted by atomic mass is 16.6. The van der Waals surface area contributed by atoms with E-state index in [1.54, 1.807) is 57.0 Å². The summed E-state index contributed by atoms with van der Waals surface area (Å²) in [5, 5.41) is 5.81. The van der Waals surface area contributed by atoms with Crippen LogP contribution in [0.1, 0.15) is 57.2 Å². The lowest BCUT2D eigenvalue weighted by molar-refractivity contribution is -0.145. The van der Waals surface area contributed by atoms with E-state index in [1.807, 2.05) is 60.7 Å². The van der Waals surface area contributed by atoms with Gasteiger partial charge in [-0.15, -0.1) is 0 Å². The molecule has 1 saturated carbocycles. The summed E-state index contributed by atoms with van der Waals surface area (Å²) in [6, 6.07) is 23.9. The van der Waals surface area contributed by atoms with E-state index in [2.05, 4.69) is 10.6 Å². The first kappa shape index (κ1) is 29.6. The van der Waals surface area contributed by atoms with Gasteiger partial charge in [-0.25, -0.2) is 4.79 Å². The highest BCUT2D eigenvalue weighted by Gasteiger charge is 2.42. The highest BCUT2D eigenvalue weighted by Crippen LogP contribution is 2.34. The Labute approximate surface area is 242 Å². The third-order valence-corrected chi connectivity index (χ3v) is 6.99. The minimum Gasteiger partial charge on any atom is -0.497 e. The molecule has 2 unspecified atom stereocenters. The maximum atomic E-state index is 14.5. The quantitative estimate of drug-likeness (QED) is 0.324. The zero-order valence-electron chi connectivity index (χ0n) is 24.1. The van der Waals surface area contributed by atoms with E-state index in [9.17, 15) is 14.4 Å². The molecule has 4 rings (SSSR count). The van der Waals surface area contributed by atoms with Crippen LogP contribution < -0.4 is 15.4 Å². The van der Waals surface area contributed by atoms with E-state index in [0.717, 1.165) is 24.8 Å². The SMILES string of the molecule is COc1ccc(NC(=O)C(c2ccccc2)N(C(=O)C(Cc2ccccc2)NC(=O)OC(C)(C)C)C2CCC2)cc1. The summed E-state index contributed by atoms with van der Waals surface area (Å²) in [5.74, 6) is 0.00587. The molecule has 3 aromatic carbocycles. The fourth-order valence-electron chi connectivity index (χ4n) is 4.82. The number of alkyl carbamates (subject to hydrolysis) is 1. The highest BCUT2D eigenvalue weighted by molar-refractivity contribution is 5.99. The number of nitrogens with one attached hydrogen (secondary N) is 2. The summed E-state index contributed by atoms with van der Waals surface area (Å²) in [4.78, 5) is 43.1. The molecule has 2 N–H and O–H groups in total. The van der Waals surface area contributed by atoms with Crippen LogP contribution in [-0.2, 0) is 20.7 Å². The van der Waals surface area contributed by atoms with Crippen LogP contribution in [0.2, 0.25) is 0 Å². The van der Waals surface area contributed by atoms with Crippen molar-refractivity contribution in [3.63, 3.8) is 0 Å². The third kappa shape index (κ3) is 8.10. The van der Waals surface area contributed by atoms with Crippen LogP contribution in [0.4, 0.5) is 10.5 Å². The minimum absolute atomic E-state index is 0.145. The molecular formula is C33H39N3O5. The second-order valence-corrected chi connectivity index (χ2v) is 11.2. The number of amides is 3. The van der Waals surface area contributed by atoms with Crippen molar-refractivity contribution < 1.29 is 23.9 Å². The van der Waals surface area contributed by atoms with Crippen molar-refractivity contribution in [1.82, 2.24) is 10.2 Å². The molecule has 0 saturated heterocycles. The fraction of sp³-hybridized carbons (Fsp3) is 0.364. The van der Waals surface area contributed by atoms with E-state index < -0.39 is 23.8 Å². The Morgan fingerprint density at radius 2 is 1.51 bits per heavy atom. The lowest BCUT2D eigenvalue weighted by Gasteiger charge is -2.43. The number of methoxy groups -OCH3 is 1. The molecule has 0 spiro atoms. The second-order valence-electron chi connectivity index (χ2n) is 11.2. The molecule has 216 valence electrons. The smallest absolute Gasteiger partial charge is 0.408 e. The van der Waals surface area contributed by atoms with Crippen LogP contribution >= 0.6 is 0 Å². The van der Waals surface area contributed by atoms with E-state index in [0.29, 0.717) is 17.0 Å². The molecule has 3 amide bonds. The number of rotatable bonds is 10. The maximum absolute atomic E-state index is 14.5. The molecule has 1 aliphatic carbocycles. The number of carbonyl (C=O) groups is 3. The Kier molecular flexibility index (Phi) is 9.65. The number of carbonyl (C=O) groups excluding carboxylic acids is 3. The van der Waals surface area contributed by atoms with E-state index in [4.69, 9.17) is 9.47 Å². The van der Waals surface area contributed by atoms with Gasteiger partial charge in [0.15, 0.2) is 0 Å². The molecule has 3 aromatic rings. The molecule has 1 aliphatic rings. The van der Waals surface area contributed by atoms with Crippen LogP contribution in [-0.4, -0.2) is 47.6 Å². The van der Waals surface area contributed by atoms with Crippen LogP contribution in [0, 0.1) is 0 Å². The number of anilines is 1. The van der Waals surface area contributed by atoms with Crippen LogP contribution in [0.3, 0.4) is 0 Å². The topological polar surface area (TPSA) is 97.0 Å². The Morgan fingerprint density at radius 3 is 2.05 bits per heavy atom. The normalized spacial score (nSPS) is 14.6. The third-order valence-electron chi connectivity index (χ3n) is 6.99. The number of nitrogens with zero attached hydrogens (tertiary/aromatic N) is 1. The van der Waals surface area contributed by atoms with Crippen LogP contribution in [0.25, 0.3) is 0 Å². The second kappa shape index (κ2) is 13.4. The van der Waals surface area contributed by atoms with Gasteiger partial charge in [0.1, 0.15) is 23.4 Å². The predicted molar refractivity (Wildman–Crippen MR) is 159 cm³/mol. The number of benzene rings is 3. The Balaban J connectivity index is 1.70. The van der Waals surface area contributed by atoms with Crippen molar-refractivity contribution in [3.05, 3.63) is 96.1 Å². The van der Waals surface area contributed by atoms with Gasteiger partial charge >= 0.3 is 6.09 Å². The molecule has 0 aromatic heterocycles. The monoisotopic (exact) mass is 557 g/mol. The first-order chi connectivity index (χ1) is 19.6. The summed E-state index contributed by atoms with van der Waals surface area (Å²) in [7, 11) is 1.58. The van der Waals surface area contributed by atoms with Crippen molar-refractivity contribution in [1.29, 1.82) is 0 Å². The van der Waals surface area contributed by atoms with Crippen LogP contribution in [0.15, 0.2) is 84.9 Å². The molecule has 2 atom stereocenters. The summed E-state index contributed by atoms with van der Waals surface area (Å²) < 4.78 is 10.8. The molecule has 41 heavy (non-hydrogen) atoms. The molecular weight excluding hydrogens is 518 g/mol. The van der Waals surface area contributed by atoms with Gasteiger partial charge in [0, 0.05) is 18.2 Å². The van der Waals surface area contributed by atoms with Crippen molar-refractivity contribution in [2.45, 2.75) is 70.2 Å². The average Bonchev–Trinajstić information content (AvgIpc) is 2.91. The van der Waals surface area contributed by atoms with E-state index in [1.165, 1.54) is 0 Å². The molecule has 8 heteroatoms. The van der Waals surface area contributed by atoms with Crippen LogP contribution in [0.5, 0.6) is 5.75 Å². The maximum Gasteiger partial charge on any atom is 0.408 e. The Hall–Kier alpha value is -4.33. The number of ether oxygens (including phenoxy) is 2. The zero-order valence-corrected chi connectivity index (χ0v) is 24.1. The number of hydrogen-bond donors (Lipinski definition) is 2. The summed E-state index contributed by atoms with van der Waals surface area (Å²) in [6.45, 7) is 5.32. The van der Waals surface area contributed by atoms with Gasteiger partial charge in [-0.3, -0.25) is 9.59 Å². The van der Waals surface area contributed by atoms with Gasteiger partial charge in [-0.1, -0.05) is 60.7 Å². The van der Waals surface area contributed by atoms with Crippen molar-refractivity contribution in [2.24, 2.45) is 0 Å². The lowest BCUT2D eigenvalue weighted by Crippen LogP contribution is -2.57. The first-order valence-electron chi connectivity index (χ1n) is 14.0. The van der Waals surface area contributed by atoms with E-state index >= 15 is 0 Å². The standard InChI is InChI=1S/C33H39N3O5/c1-33(2,3)41-32(39)35-28(22-23-12-7-5-8-13-23)31(38)36(26-16-11-17-26)29(24-14-9-6-10-15-24)30(37)34-25-18-20-27(40-4)21-19-25/h5-10,12-15,18-21,26,28-29H,11,16-17,22H2,1-4H3,(H,34,37)(H,35,39). The Bertz CT molecular complexity index is 1300. The first-order valence-corrected chi connectivity index (χ1v) is 14.0. The van der Waals surface area contributed by atoms with Crippen molar-refractivity contribution >= 4 is 23.6 Å². The zero-order chi connectivity index (χ0) is 29.4. The van der Waals surface area contributed by atoms with Gasteiger partial charge in [0.2, 0.25) is 5.91 Å². The van der Waals surface area contributed by atoms with Gasteiger partial charge < -0.3 is 25.0 Å². The minimum atomic E-state index is -0.937. The average molecular weight is 558 g/mol. The predicted octanol–water partition coefficient (Wildman–Crippen LogP) is 5.89. The summed E-state index contributed by atoms with van der Waals surface area (Å²) in [5.41, 5.74) is 1.43. The Morgan fingerprint density at radius 1 is 0.902 bits per heavy atom. The summed E-state index contributed by atoms with van der Waals surface area (Å²) >= 11 is 0. The molecule has 1 fully saturated rings. The molecule has 0 heterocycles. The molecule has 0 radical (unpaired) electrons. The fourth-order valence-corrected chi connectivity index (χ4v) is 4.82. The molecule has 8 nitrogen and oxygen atoms in total. The van der Waals surface area contributed by atoms with Gasteiger partial charge in [-0.05, 0) is 75.4 Å². The lowest BCUT2D eigenvalue weighted by atomic mass is 9.87. The summed E-state index contributed by atoms with van der Waals surface area (Å²) in [6.07, 6.45) is 2.08. The number of hydrogen-bond acceptors (Lipinski definition) is 5. The van der Waals surface area contributed by atoms with Gasteiger partial charge in [0.05, 0.1) is 7.11 Å².